The van der Waals surface area contributed by atoms with Gasteiger partial charge in [0, 0.05) is 40.2 Å². The van der Waals surface area contributed by atoms with E-state index in [2.05, 4.69) is 9.97 Å². The second kappa shape index (κ2) is 5.42. The summed E-state index contributed by atoms with van der Waals surface area (Å²) in [5.41, 5.74) is 9.84. The Morgan fingerprint density at radius 2 is 2.14 bits per heavy atom. The van der Waals surface area contributed by atoms with Gasteiger partial charge >= 0.3 is 0 Å². The van der Waals surface area contributed by atoms with Crippen LogP contribution in [0.25, 0.3) is 22.3 Å². The second-order valence-electron chi connectivity index (χ2n) is 4.58. The van der Waals surface area contributed by atoms with Crippen LogP contribution in [0.2, 0.25) is 5.02 Å². The van der Waals surface area contributed by atoms with E-state index in [1.165, 1.54) is 6.21 Å². The molecule has 4 N–H and O–H groups in total. The van der Waals surface area contributed by atoms with Crippen LogP contribution in [-0.4, -0.2) is 16.2 Å². The van der Waals surface area contributed by atoms with Crippen molar-refractivity contribution in [1.29, 1.82) is 5.41 Å². The number of hydrogen-bond donors (Lipinski definition) is 3. The predicted octanol–water partition coefficient (Wildman–Crippen LogP) is 3.69. The smallest absolute Gasteiger partial charge is 0.137 e. The third kappa shape index (κ3) is 2.41. The summed E-state index contributed by atoms with van der Waals surface area (Å²) >= 11 is 6.02. The number of aromatic nitrogens is 2. The fourth-order valence-electron chi connectivity index (χ4n) is 2.30. The quantitative estimate of drug-likeness (QED) is 0.644. The van der Waals surface area contributed by atoms with Gasteiger partial charge in [0.15, 0.2) is 0 Å². The van der Waals surface area contributed by atoms with Gasteiger partial charge in [-0.1, -0.05) is 23.7 Å². The highest BCUT2D eigenvalue weighted by Gasteiger charge is 2.11. The molecule has 0 unspecified atom stereocenters. The number of nitrogens with two attached hydrogens (primary N) is 1. The van der Waals surface area contributed by atoms with E-state index in [1.54, 1.807) is 24.5 Å². The molecule has 0 amide bonds. The first-order chi connectivity index (χ1) is 10.2. The van der Waals surface area contributed by atoms with Crippen molar-refractivity contribution in [3.8, 4) is 0 Å². The van der Waals surface area contributed by atoms with Crippen LogP contribution in [0.4, 0.5) is 0 Å². The third-order valence-corrected chi connectivity index (χ3v) is 3.55. The number of nitrogens with one attached hydrogen (secondary N) is 2. The summed E-state index contributed by atoms with van der Waals surface area (Å²) < 4.78 is 0. The Morgan fingerprint density at radius 3 is 2.90 bits per heavy atom. The summed E-state index contributed by atoms with van der Waals surface area (Å²) in [4.78, 5) is 7.33. The van der Waals surface area contributed by atoms with Crippen molar-refractivity contribution in [3.63, 3.8) is 0 Å². The van der Waals surface area contributed by atoms with Gasteiger partial charge in [0.1, 0.15) is 5.65 Å². The Kier molecular flexibility index (Phi) is 3.46. The number of aromatic amines is 1. The van der Waals surface area contributed by atoms with Gasteiger partial charge in [0.05, 0.1) is 5.70 Å². The molecule has 0 saturated carbocycles. The number of rotatable bonds is 3. The zero-order valence-electron chi connectivity index (χ0n) is 11.1. The van der Waals surface area contributed by atoms with E-state index in [0.29, 0.717) is 16.3 Å². The number of allylic oxidation sites excluding steroid dienone is 1. The largest absolute Gasteiger partial charge is 0.398 e. The number of pyridine rings is 1. The molecule has 1 aromatic carbocycles. The molecule has 3 rings (SSSR count). The van der Waals surface area contributed by atoms with E-state index in [1.807, 2.05) is 24.3 Å². The van der Waals surface area contributed by atoms with Gasteiger partial charge in [0.25, 0.3) is 0 Å². The Morgan fingerprint density at radius 1 is 1.29 bits per heavy atom. The molecule has 104 valence electrons. The summed E-state index contributed by atoms with van der Waals surface area (Å²) in [7, 11) is 0. The van der Waals surface area contributed by atoms with Crippen LogP contribution in [0.3, 0.4) is 0 Å². The topological polar surface area (TPSA) is 78.5 Å². The van der Waals surface area contributed by atoms with Crippen molar-refractivity contribution >= 4 is 40.1 Å². The fourth-order valence-corrected chi connectivity index (χ4v) is 2.49. The van der Waals surface area contributed by atoms with E-state index in [0.717, 1.165) is 22.2 Å². The first-order valence-electron chi connectivity index (χ1n) is 6.39. The third-order valence-electron chi connectivity index (χ3n) is 3.31. The molecule has 0 aliphatic rings. The molecule has 4 nitrogen and oxygen atoms in total. The monoisotopic (exact) mass is 296 g/mol. The molecule has 0 saturated heterocycles. The molecule has 3 aromatic rings. The molecule has 2 heterocycles. The van der Waals surface area contributed by atoms with Crippen LogP contribution < -0.4 is 5.73 Å². The lowest BCUT2D eigenvalue weighted by molar-refractivity contribution is 1.32. The van der Waals surface area contributed by atoms with Crippen LogP contribution in [0, 0.1) is 5.41 Å². The summed E-state index contributed by atoms with van der Waals surface area (Å²) in [6, 6.07) is 11.1. The zero-order valence-corrected chi connectivity index (χ0v) is 11.9. The normalized spacial score (nSPS) is 12.2. The summed E-state index contributed by atoms with van der Waals surface area (Å²) in [5.74, 6) is 0. The molecule has 0 aliphatic heterocycles. The van der Waals surface area contributed by atoms with E-state index in [-0.39, 0.29) is 0 Å². The highest BCUT2D eigenvalue weighted by Crippen LogP contribution is 2.27. The zero-order chi connectivity index (χ0) is 14.8. The number of benzene rings is 1. The van der Waals surface area contributed by atoms with Crippen LogP contribution in [0.15, 0.2) is 48.8 Å². The number of hydrogen-bond acceptors (Lipinski definition) is 3. The van der Waals surface area contributed by atoms with Crippen molar-refractivity contribution in [2.24, 2.45) is 5.73 Å². The van der Waals surface area contributed by atoms with E-state index >= 15 is 0 Å². The molecular weight excluding hydrogens is 284 g/mol. The molecule has 0 atom stereocenters. The molecule has 0 spiro atoms. The lowest BCUT2D eigenvalue weighted by Gasteiger charge is -2.08. The predicted molar refractivity (Wildman–Crippen MR) is 87.3 cm³/mol. The SMILES string of the molecule is N=C/C(=C(\N)c1c[nH]c2ncccc12)c1cccc(Cl)c1. The minimum Gasteiger partial charge on any atom is -0.398 e. The molecule has 0 bridgehead atoms. The summed E-state index contributed by atoms with van der Waals surface area (Å²) in [5, 5.41) is 9.22. The molecule has 0 aliphatic carbocycles. The van der Waals surface area contributed by atoms with Crippen molar-refractivity contribution in [2.75, 3.05) is 0 Å². The van der Waals surface area contributed by atoms with Crippen LogP contribution in [-0.2, 0) is 0 Å². The van der Waals surface area contributed by atoms with Crippen LogP contribution in [0.1, 0.15) is 11.1 Å². The maximum Gasteiger partial charge on any atom is 0.137 e. The van der Waals surface area contributed by atoms with Crippen molar-refractivity contribution in [2.45, 2.75) is 0 Å². The van der Waals surface area contributed by atoms with E-state index in [9.17, 15) is 0 Å². The fraction of sp³-hybridized carbons (Fsp3) is 0. The van der Waals surface area contributed by atoms with Gasteiger partial charge in [-0.05, 0) is 29.8 Å². The summed E-state index contributed by atoms with van der Waals surface area (Å²) in [6.07, 6.45) is 4.77. The number of H-pyrrole nitrogens is 1. The lowest BCUT2D eigenvalue weighted by atomic mass is 10.0. The van der Waals surface area contributed by atoms with Crippen molar-refractivity contribution in [3.05, 3.63) is 64.9 Å². The minimum absolute atomic E-state index is 0.520. The van der Waals surface area contributed by atoms with Gasteiger partial charge in [0.2, 0.25) is 0 Å². The molecule has 0 radical (unpaired) electrons. The lowest BCUT2D eigenvalue weighted by Crippen LogP contribution is -2.02. The standard InChI is InChI=1S/C16H13ClN4/c17-11-4-1-3-10(7-11)13(8-18)15(19)14-9-21-16-12(14)5-2-6-20-16/h1-9,18H,19H2,(H,20,21)/b15-13+,18-8?. The second-order valence-corrected chi connectivity index (χ2v) is 5.02. The Bertz CT molecular complexity index is 848. The highest BCUT2D eigenvalue weighted by molar-refractivity contribution is 6.31. The molecule has 21 heavy (non-hydrogen) atoms. The maximum absolute atomic E-state index is 7.68. The minimum atomic E-state index is 0.520. The van der Waals surface area contributed by atoms with Crippen molar-refractivity contribution < 1.29 is 0 Å². The van der Waals surface area contributed by atoms with E-state index in [4.69, 9.17) is 22.7 Å². The first kappa shape index (κ1) is 13.4. The molecule has 0 fully saturated rings. The Balaban J connectivity index is 2.21. The number of fused-ring (bicyclic) bond motifs is 1. The number of halogens is 1. The average Bonchev–Trinajstić information content (AvgIpc) is 2.92. The van der Waals surface area contributed by atoms with Crippen LogP contribution >= 0.6 is 11.6 Å². The van der Waals surface area contributed by atoms with Gasteiger partial charge in [-0.25, -0.2) is 4.98 Å². The summed E-state index contributed by atoms with van der Waals surface area (Å²) in [6.45, 7) is 0. The Hall–Kier alpha value is -2.59. The molecular formula is C16H13ClN4. The molecule has 5 heteroatoms. The van der Waals surface area contributed by atoms with Gasteiger partial charge < -0.3 is 16.1 Å². The van der Waals surface area contributed by atoms with Crippen LogP contribution in [0.5, 0.6) is 0 Å². The maximum atomic E-state index is 7.68. The van der Waals surface area contributed by atoms with Gasteiger partial charge in [-0.3, -0.25) is 0 Å². The highest BCUT2D eigenvalue weighted by atomic mass is 35.5. The van der Waals surface area contributed by atoms with Gasteiger partial charge in [-0.15, -0.1) is 0 Å². The van der Waals surface area contributed by atoms with Gasteiger partial charge in [-0.2, -0.15) is 0 Å². The first-order valence-corrected chi connectivity index (χ1v) is 6.77. The van der Waals surface area contributed by atoms with E-state index < -0.39 is 0 Å². The molecule has 2 aromatic heterocycles. The van der Waals surface area contributed by atoms with Crippen molar-refractivity contribution in [1.82, 2.24) is 9.97 Å². The number of nitrogens with zero attached hydrogens (tertiary/aromatic N) is 1. The average molecular weight is 297 g/mol. The Labute approximate surface area is 126 Å².